The molecule has 2 rings (SSSR count). The van der Waals surface area contributed by atoms with Crippen LogP contribution in [0.5, 0.6) is 5.75 Å². The van der Waals surface area contributed by atoms with E-state index < -0.39 is 0 Å². The number of rotatable bonds is 4. The Kier molecular flexibility index (Phi) is 4.04. The molecule has 1 fully saturated rings. The summed E-state index contributed by atoms with van der Waals surface area (Å²) in [7, 11) is 1.69. The van der Waals surface area contributed by atoms with Crippen molar-refractivity contribution in [3.63, 3.8) is 0 Å². The largest absolute Gasteiger partial charge is 0.497 e. The second-order valence-electron chi connectivity index (χ2n) is 6.53. The first-order chi connectivity index (χ1) is 8.99. The highest BCUT2D eigenvalue weighted by molar-refractivity contribution is 5.48. The molecular formula is C16H26N2O. The van der Waals surface area contributed by atoms with Gasteiger partial charge in [-0.15, -0.1) is 0 Å². The van der Waals surface area contributed by atoms with Gasteiger partial charge in [-0.1, -0.05) is 20.3 Å². The second kappa shape index (κ2) is 5.41. The highest BCUT2D eigenvalue weighted by atomic mass is 16.5. The Balaban J connectivity index is 2.13. The fourth-order valence-electron chi connectivity index (χ4n) is 3.31. The molecule has 0 heterocycles. The third kappa shape index (κ3) is 3.41. The average molecular weight is 262 g/mol. The molecule has 1 saturated carbocycles. The van der Waals surface area contributed by atoms with E-state index in [4.69, 9.17) is 10.5 Å². The minimum Gasteiger partial charge on any atom is -0.497 e. The van der Waals surface area contributed by atoms with Crippen LogP contribution in [0, 0.1) is 5.41 Å². The van der Waals surface area contributed by atoms with Crippen molar-refractivity contribution in [2.75, 3.05) is 19.0 Å². The van der Waals surface area contributed by atoms with E-state index in [0.29, 0.717) is 12.0 Å². The molecular weight excluding hydrogens is 236 g/mol. The molecule has 19 heavy (non-hydrogen) atoms. The molecule has 0 spiro atoms. The van der Waals surface area contributed by atoms with Gasteiger partial charge in [0.05, 0.1) is 12.6 Å². The van der Waals surface area contributed by atoms with Crippen LogP contribution in [-0.2, 0) is 0 Å². The van der Waals surface area contributed by atoms with E-state index in [1.807, 2.05) is 12.1 Å². The molecule has 0 aromatic heterocycles. The summed E-state index contributed by atoms with van der Waals surface area (Å²) in [6.45, 7) is 5.36. The molecule has 0 bridgehead atoms. The van der Waals surface area contributed by atoms with Crippen molar-refractivity contribution < 1.29 is 4.74 Å². The van der Waals surface area contributed by atoms with Crippen LogP contribution in [0.15, 0.2) is 24.3 Å². The van der Waals surface area contributed by atoms with E-state index >= 15 is 0 Å². The van der Waals surface area contributed by atoms with Gasteiger partial charge in [-0.3, -0.25) is 0 Å². The van der Waals surface area contributed by atoms with E-state index in [1.54, 1.807) is 7.11 Å². The fourth-order valence-corrected chi connectivity index (χ4v) is 3.31. The van der Waals surface area contributed by atoms with Crippen LogP contribution in [0.3, 0.4) is 0 Å². The Morgan fingerprint density at radius 3 is 2.42 bits per heavy atom. The highest BCUT2D eigenvalue weighted by Crippen LogP contribution is 2.42. The normalized spacial score (nSPS) is 25.9. The first-order valence-electron chi connectivity index (χ1n) is 7.11. The lowest BCUT2D eigenvalue weighted by atomic mass is 9.68. The van der Waals surface area contributed by atoms with E-state index in [-0.39, 0.29) is 5.54 Å². The van der Waals surface area contributed by atoms with Crippen LogP contribution in [-0.4, -0.2) is 19.2 Å². The van der Waals surface area contributed by atoms with Gasteiger partial charge in [0.2, 0.25) is 0 Å². The van der Waals surface area contributed by atoms with Crippen molar-refractivity contribution in [1.29, 1.82) is 0 Å². The number of hydrogen-bond donors (Lipinski definition) is 2. The van der Waals surface area contributed by atoms with Crippen molar-refractivity contribution in [2.45, 2.75) is 45.1 Å². The first-order valence-corrected chi connectivity index (χ1v) is 7.11. The van der Waals surface area contributed by atoms with Gasteiger partial charge in [-0.2, -0.15) is 0 Å². The Morgan fingerprint density at radius 1 is 1.21 bits per heavy atom. The maximum atomic E-state index is 6.08. The molecule has 1 aromatic carbocycles. The maximum Gasteiger partial charge on any atom is 0.119 e. The highest BCUT2D eigenvalue weighted by Gasteiger charge is 2.38. The Bertz CT molecular complexity index is 413. The number of nitrogens with one attached hydrogen (secondary N) is 1. The third-order valence-electron chi connectivity index (χ3n) is 4.22. The Morgan fingerprint density at radius 2 is 1.89 bits per heavy atom. The van der Waals surface area contributed by atoms with Gasteiger partial charge in [0, 0.05) is 12.2 Å². The zero-order valence-electron chi connectivity index (χ0n) is 12.3. The van der Waals surface area contributed by atoms with Crippen molar-refractivity contribution >= 4 is 5.69 Å². The van der Waals surface area contributed by atoms with Gasteiger partial charge < -0.3 is 15.8 Å². The predicted octanol–water partition coefficient (Wildman–Crippen LogP) is 3.40. The molecule has 0 saturated heterocycles. The van der Waals surface area contributed by atoms with Gasteiger partial charge in [0.25, 0.3) is 0 Å². The summed E-state index contributed by atoms with van der Waals surface area (Å²) in [6, 6.07) is 8.11. The minimum absolute atomic E-state index is 0.0380. The molecule has 1 aliphatic carbocycles. The number of nitrogens with two attached hydrogens (primary N) is 1. The minimum atomic E-state index is 0.0380. The number of anilines is 1. The lowest BCUT2D eigenvalue weighted by Gasteiger charge is -2.45. The maximum absolute atomic E-state index is 6.08. The quantitative estimate of drug-likeness (QED) is 0.874. The van der Waals surface area contributed by atoms with E-state index in [1.165, 1.54) is 12.8 Å². The van der Waals surface area contributed by atoms with Crippen LogP contribution < -0.4 is 15.8 Å². The molecule has 106 valence electrons. The van der Waals surface area contributed by atoms with Gasteiger partial charge >= 0.3 is 0 Å². The Labute approximate surface area is 116 Å². The summed E-state index contributed by atoms with van der Waals surface area (Å²) in [5.41, 5.74) is 7.61. The number of ether oxygens (including phenoxy) is 1. The topological polar surface area (TPSA) is 47.3 Å². The van der Waals surface area contributed by atoms with Gasteiger partial charge in [0.1, 0.15) is 5.75 Å². The van der Waals surface area contributed by atoms with Crippen LogP contribution in [0.25, 0.3) is 0 Å². The van der Waals surface area contributed by atoms with Crippen molar-refractivity contribution in [3.8, 4) is 5.75 Å². The van der Waals surface area contributed by atoms with Crippen LogP contribution >= 0.6 is 0 Å². The van der Waals surface area contributed by atoms with E-state index in [9.17, 15) is 0 Å². The summed E-state index contributed by atoms with van der Waals surface area (Å²) in [4.78, 5) is 0. The Hall–Kier alpha value is -1.22. The van der Waals surface area contributed by atoms with E-state index in [0.717, 1.165) is 24.3 Å². The summed E-state index contributed by atoms with van der Waals surface area (Å²) in [5, 5.41) is 3.67. The monoisotopic (exact) mass is 262 g/mol. The number of methoxy groups -OCH3 is 1. The molecule has 0 amide bonds. The molecule has 3 nitrogen and oxygen atoms in total. The zero-order chi connectivity index (χ0) is 13.9. The predicted molar refractivity (Wildman–Crippen MR) is 80.7 cm³/mol. The molecule has 0 radical (unpaired) electrons. The summed E-state index contributed by atoms with van der Waals surface area (Å²) >= 11 is 0. The molecule has 0 aliphatic heterocycles. The summed E-state index contributed by atoms with van der Waals surface area (Å²) in [5.74, 6) is 0.885. The average Bonchev–Trinajstić information content (AvgIpc) is 2.38. The fraction of sp³-hybridized carbons (Fsp3) is 0.625. The summed E-state index contributed by atoms with van der Waals surface area (Å²) < 4.78 is 5.19. The lowest BCUT2D eigenvalue weighted by molar-refractivity contribution is 0.170. The second-order valence-corrected chi connectivity index (χ2v) is 6.53. The van der Waals surface area contributed by atoms with Crippen molar-refractivity contribution in [2.24, 2.45) is 11.1 Å². The molecule has 1 unspecified atom stereocenters. The SMILES string of the molecule is COc1ccc(NC2(CN)CCCC(C)(C)C2)cc1. The smallest absolute Gasteiger partial charge is 0.119 e. The van der Waals surface area contributed by atoms with Crippen LogP contribution in [0.4, 0.5) is 5.69 Å². The standard InChI is InChI=1S/C16H26N2O/c1-15(2)9-4-10-16(11-15,12-17)18-13-5-7-14(19-3)8-6-13/h5-8,18H,4,9-12,17H2,1-3H3. The van der Waals surface area contributed by atoms with Gasteiger partial charge in [0.15, 0.2) is 0 Å². The van der Waals surface area contributed by atoms with Crippen molar-refractivity contribution in [3.05, 3.63) is 24.3 Å². The molecule has 3 heteroatoms. The van der Waals surface area contributed by atoms with Crippen molar-refractivity contribution in [1.82, 2.24) is 0 Å². The van der Waals surface area contributed by atoms with Gasteiger partial charge in [-0.05, 0) is 48.9 Å². The molecule has 1 aromatic rings. The third-order valence-corrected chi connectivity index (χ3v) is 4.22. The van der Waals surface area contributed by atoms with Crippen LogP contribution in [0.2, 0.25) is 0 Å². The number of benzene rings is 1. The summed E-state index contributed by atoms with van der Waals surface area (Å²) in [6.07, 6.45) is 4.81. The van der Waals surface area contributed by atoms with E-state index in [2.05, 4.69) is 31.3 Å². The zero-order valence-corrected chi connectivity index (χ0v) is 12.3. The first kappa shape index (κ1) is 14.2. The number of hydrogen-bond acceptors (Lipinski definition) is 3. The van der Waals surface area contributed by atoms with Gasteiger partial charge in [-0.25, -0.2) is 0 Å². The molecule has 3 N–H and O–H groups in total. The lowest BCUT2D eigenvalue weighted by Crippen LogP contribution is -2.50. The molecule has 1 aliphatic rings. The van der Waals surface area contributed by atoms with Crippen LogP contribution in [0.1, 0.15) is 39.5 Å². The molecule has 1 atom stereocenters.